The van der Waals surface area contributed by atoms with Gasteiger partial charge in [0, 0.05) is 87.5 Å². The summed E-state index contributed by atoms with van der Waals surface area (Å²) < 4.78 is 11.7. The van der Waals surface area contributed by atoms with Gasteiger partial charge in [-0.15, -0.1) is 11.3 Å². The van der Waals surface area contributed by atoms with Gasteiger partial charge in [-0.1, -0.05) is 69.3 Å². The van der Waals surface area contributed by atoms with Crippen LogP contribution in [0.5, 0.6) is 0 Å². The van der Waals surface area contributed by atoms with E-state index in [9.17, 15) is 29.1 Å². The molecular weight excluding hydrogens is 979 g/mol. The summed E-state index contributed by atoms with van der Waals surface area (Å²) in [6.45, 7) is 20.8. The topological polar surface area (TPSA) is 195 Å². The number of ether oxygens (including phenoxy) is 2. The molecule has 0 spiro atoms. The summed E-state index contributed by atoms with van der Waals surface area (Å²) in [6.07, 6.45) is 4.19. The lowest BCUT2D eigenvalue weighted by Gasteiger charge is -2.37. The van der Waals surface area contributed by atoms with Gasteiger partial charge in [0.2, 0.25) is 17.7 Å². The number of hydrogen-bond acceptors (Lipinski definition) is 11. The van der Waals surface area contributed by atoms with E-state index < -0.39 is 23.6 Å². The largest absolute Gasteiger partial charge is 0.391 e. The minimum Gasteiger partial charge on any atom is -0.391 e. The predicted octanol–water partition coefficient (Wildman–Crippen LogP) is 8.82. The fourth-order valence-electron chi connectivity index (χ4n) is 10.5. The summed E-state index contributed by atoms with van der Waals surface area (Å²) >= 11 is 1.58. The van der Waals surface area contributed by atoms with Crippen LogP contribution in [-0.2, 0) is 36.8 Å². The molecule has 408 valence electrons. The zero-order valence-corrected chi connectivity index (χ0v) is 46.8. The van der Waals surface area contributed by atoms with E-state index in [0.717, 1.165) is 87.6 Å². The first-order chi connectivity index (χ1) is 36.3. The zero-order valence-electron chi connectivity index (χ0n) is 46.0. The van der Waals surface area contributed by atoms with Crippen LogP contribution in [0.25, 0.3) is 21.6 Å². The molecule has 0 radical (unpaired) electrons. The van der Waals surface area contributed by atoms with Crippen LogP contribution >= 0.6 is 11.3 Å². The van der Waals surface area contributed by atoms with E-state index in [1.807, 2.05) is 97.3 Å². The summed E-state index contributed by atoms with van der Waals surface area (Å²) in [5, 5.41) is 19.8. The van der Waals surface area contributed by atoms with Crippen molar-refractivity contribution in [1.82, 2.24) is 30.8 Å². The van der Waals surface area contributed by atoms with Gasteiger partial charge in [0.15, 0.2) is 0 Å². The lowest BCUT2D eigenvalue weighted by molar-refractivity contribution is -0.144. The average molecular weight is 1060 g/mol. The highest BCUT2D eigenvalue weighted by molar-refractivity contribution is 7.13. The Balaban J connectivity index is 0.874. The average Bonchev–Trinajstić information content (AvgIpc) is 4.02. The normalized spacial score (nSPS) is 16.8. The number of rotatable bonds is 22. The summed E-state index contributed by atoms with van der Waals surface area (Å²) in [5.41, 5.74) is 11.7. The SMILES string of the molecule is CCN(c1cc(-c2ccc(CCCOCCCCC(=O)N[C@H](C(=O)N3C[C@H](O)C[C@H]3C(=O)N[C@@H](C)c3ccc(-c4scnc4C)cc3)C(C)(C)C)cc2)cc(C(=O)NCc2c(C)cc(C)[nH]c2=O)c1C)C1CCOCC1. The molecule has 5 N–H and O–H groups in total. The summed E-state index contributed by atoms with van der Waals surface area (Å²) in [4.78, 5) is 80.1. The Bertz CT molecular complexity index is 2850. The Labute approximate surface area is 452 Å². The number of carbonyl (C=O) groups excluding carboxylic acids is 4. The van der Waals surface area contributed by atoms with Crippen molar-refractivity contribution < 1.29 is 33.8 Å². The van der Waals surface area contributed by atoms with Gasteiger partial charge in [-0.05, 0) is 143 Å². The van der Waals surface area contributed by atoms with E-state index in [4.69, 9.17) is 9.47 Å². The smallest absolute Gasteiger partial charge is 0.253 e. The van der Waals surface area contributed by atoms with Gasteiger partial charge in [0.1, 0.15) is 12.1 Å². The number of amides is 4. The molecule has 0 bridgehead atoms. The third-order valence-corrected chi connectivity index (χ3v) is 15.8. The van der Waals surface area contributed by atoms with Crippen molar-refractivity contribution in [3.05, 3.63) is 127 Å². The van der Waals surface area contributed by atoms with E-state index in [1.54, 1.807) is 11.3 Å². The van der Waals surface area contributed by atoms with Crippen molar-refractivity contribution in [1.29, 1.82) is 0 Å². The Morgan fingerprint density at radius 3 is 2.28 bits per heavy atom. The minimum absolute atomic E-state index is 0.00693. The number of aryl methyl sites for hydroxylation is 4. The maximum absolute atomic E-state index is 14.2. The molecule has 0 unspecified atom stereocenters. The first kappa shape index (κ1) is 57.5. The number of H-pyrrole nitrogens is 1. The second-order valence-electron chi connectivity index (χ2n) is 21.7. The van der Waals surface area contributed by atoms with Crippen LogP contribution in [0.1, 0.15) is 135 Å². The van der Waals surface area contributed by atoms with Crippen LogP contribution in [0.15, 0.2) is 77.0 Å². The van der Waals surface area contributed by atoms with E-state index in [0.29, 0.717) is 56.4 Å². The molecule has 4 heterocycles. The second-order valence-corrected chi connectivity index (χ2v) is 22.5. The summed E-state index contributed by atoms with van der Waals surface area (Å²) in [5.74, 6) is -1.22. The Morgan fingerprint density at radius 2 is 1.62 bits per heavy atom. The zero-order chi connectivity index (χ0) is 54.7. The molecule has 2 aliphatic rings. The van der Waals surface area contributed by atoms with Gasteiger partial charge in [0.05, 0.1) is 28.2 Å². The van der Waals surface area contributed by atoms with E-state index >= 15 is 0 Å². The number of β-amino-alcohol motifs (C(OH)–C–C–N with tert-alkyl or cyclic N) is 1. The molecular formula is C60H79N7O8S. The Morgan fingerprint density at radius 1 is 0.921 bits per heavy atom. The maximum atomic E-state index is 14.2. The molecule has 2 saturated heterocycles. The fourth-order valence-corrected chi connectivity index (χ4v) is 11.3. The predicted molar refractivity (Wildman–Crippen MR) is 301 cm³/mol. The van der Waals surface area contributed by atoms with E-state index in [1.165, 1.54) is 10.5 Å². The number of likely N-dealkylation sites (tertiary alicyclic amines) is 1. The molecule has 4 atom stereocenters. The van der Waals surface area contributed by atoms with Gasteiger partial charge in [-0.2, -0.15) is 0 Å². The molecule has 2 aromatic heterocycles. The van der Waals surface area contributed by atoms with Crippen molar-refractivity contribution in [2.75, 3.05) is 44.4 Å². The van der Waals surface area contributed by atoms with E-state index in [-0.39, 0.29) is 61.2 Å². The lowest BCUT2D eigenvalue weighted by atomic mass is 9.85. The van der Waals surface area contributed by atoms with Crippen LogP contribution in [0, 0.1) is 33.1 Å². The molecule has 3 aromatic carbocycles. The quantitative estimate of drug-likeness (QED) is 0.0418. The maximum Gasteiger partial charge on any atom is 0.253 e. The molecule has 0 aliphatic carbocycles. The minimum atomic E-state index is -0.897. The molecule has 0 saturated carbocycles. The number of hydrogen-bond donors (Lipinski definition) is 5. The Kier molecular flexibility index (Phi) is 19.8. The van der Waals surface area contributed by atoms with Crippen LogP contribution in [0.4, 0.5) is 5.69 Å². The first-order valence-electron chi connectivity index (χ1n) is 27.0. The third-order valence-electron chi connectivity index (χ3n) is 14.9. The van der Waals surface area contributed by atoms with E-state index in [2.05, 4.69) is 68.1 Å². The number of aromatic amines is 1. The number of thiazole rings is 1. The number of aliphatic hydroxyl groups excluding tert-OH is 1. The highest BCUT2D eigenvalue weighted by Crippen LogP contribution is 2.35. The fraction of sp³-hybridized carbons (Fsp3) is 0.500. The second kappa shape index (κ2) is 26.2. The monoisotopic (exact) mass is 1060 g/mol. The van der Waals surface area contributed by atoms with Gasteiger partial charge < -0.3 is 45.3 Å². The standard InChI is InChI=1S/C60H79N7O8S/c1-10-66(47-24-28-75-29-25-47)51-32-46(31-49(39(51)4)56(70)61-34-50-37(2)30-38(3)63-57(50)71)44-18-16-42(17-19-44)14-13-27-74-26-12-11-15-53(69)65-55(60(7,8)9)59(73)67-35-48(68)33-52(67)58(72)64-40(5)43-20-22-45(23-21-43)54-41(6)62-36-76-54/h16-23,30-32,36,40,47-48,52,55,68H,10-15,24-29,33-35H2,1-9H3,(H,61,70)(H,63,71)(H,64,72)(H,65,69)/t40-,48+,52-,55+/m0/s1. The molecule has 16 heteroatoms. The van der Waals surface area contributed by atoms with Crippen molar-refractivity contribution in [3.8, 4) is 21.6 Å². The van der Waals surface area contributed by atoms with Gasteiger partial charge >= 0.3 is 0 Å². The van der Waals surface area contributed by atoms with Crippen molar-refractivity contribution in [3.63, 3.8) is 0 Å². The van der Waals surface area contributed by atoms with Crippen molar-refractivity contribution in [2.24, 2.45) is 5.41 Å². The number of aromatic nitrogens is 2. The number of nitrogens with one attached hydrogen (secondary N) is 4. The number of carbonyl (C=O) groups is 4. The number of pyridine rings is 1. The molecule has 2 fully saturated rings. The number of aliphatic hydroxyl groups is 1. The molecule has 76 heavy (non-hydrogen) atoms. The molecule has 2 aliphatic heterocycles. The molecule has 4 amide bonds. The van der Waals surface area contributed by atoms with Crippen molar-refractivity contribution in [2.45, 2.75) is 150 Å². The molecule has 7 rings (SSSR count). The van der Waals surface area contributed by atoms with Gasteiger partial charge in [0.25, 0.3) is 11.5 Å². The number of unbranched alkanes of at least 4 members (excludes halogenated alkanes) is 1. The number of anilines is 1. The van der Waals surface area contributed by atoms with Gasteiger partial charge in [-0.3, -0.25) is 24.0 Å². The summed E-state index contributed by atoms with van der Waals surface area (Å²) in [7, 11) is 0. The summed E-state index contributed by atoms with van der Waals surface area (Å²) in [6, 6.07) is 20.7. The first-order valence-corrected chi connectivity index (χ1v) is 27.9. The lowest BCUT2D eigenvalue weighted by Crippen LogP contribution is -2.57. The molecule has 5 aromatic rings. The third kappa shape index (κ3) is 14.6. The van der Waals surface area contributed by atoms with Crippen LogP contribution in [0.3, 0.4) is 0 Å². The number of benzene rings is 3. The van der Waals surface area contributed by atoms with Crippen LogP contribution in [0.2, 0.25) is 0 Å². The van der Waals surface area contributed by atoms with Crippen LogP contribution < -0.4 is 26.4 Å². The van der Waals surface area contributed by atoms with Crippen molar-refractivity contribution >= 4 is 40.7 Å². The van der Waals surface area contributed by atoms with Crippen LogP contribution in [-0.4, -0.2) is 107 Å². The Hall–Kier alpha value is -6.20. The number of nitrogens with zero attached hydrogens (tertiary/aromatic N) is 3. The van der Waals surface area contributed by atoms with Gasteiger partial charge in [-0.25, -0.2) is 4.98 Å². The molecule has 15 nitrogen and oxygen atoms in total. The highest BCUT2D eigenvalue weighted by Gasteiger charge is 2.44. The highest BCUT2D eigenvalue weighted by atomic mass is 32.1.